The summed E-state index contributed by atoms with van der Waals surface area (Å²) in [7, 11) is 0. The molecule has 1 aromatic carbocycles. The first-order valence-electron chi connectivity index (χ1n) is 8.92. The molecule has 0 unspecified atom stereocenters. The van der Waals surface area contributed by atoms with Crippen molar-refractivity contribution in [3.63, 3.8) is 0 Å². The van der Waals surface area contributed by atoms with Gasteiger partial charge in [0.25, 0.3) is 11.6 Å². The molecule has 9 nitrogen and oxygen atoms in total. The molecular weight excluding hydrogens is 368 g/mol. The number of amides is 1. The first kappa shape index (κ1) is 23.4. The lowest BCUT2D eigenvalue weighted by Gasteiger charge is -2.29. The highest BCUT2D eigenvalue weighted by Gasteiger charge is 2.31. The van der Waals surface area contributed by atoms with Gasteiger partial charge in [-0.2, -0.15) is 0 Å². The smallest absolute Gasteiger partial charge is 0.428 e. The van der Waals surface area contributed by atoms with Crippen molar-refractivity contribution < 1.29 is 28.7 Å². The largest absolute Gasteiger partial charge is 0.514 e. The number of rotatable bonds is 9. The minimum absolute atomic E-state index is 0.00402. The van der Waals surface area contributed by atoms with E-state index in [1.165, 1.54) is 24.3 Å². The second-order valence-corrected chi connectivity index (χ2v) is 7.70. The summed E-state index contributed by atoms with van der Waals surface area (Å²) in [6.07, 6.45) is -0.600. The van der Waals surface area contributed by atoms with Crippen LogP contribution in [-0.2, 0) is 14.3 Å². The van der Waals surface area contributed by atoms with Crippen molar-refractivity contribution in [1.82, 2.24) is 5.32 Å². The third kappa shape index (κ3) is 7.91. The summed E-state index contributed by atoms with van der Waals surface area (Å²) in [4.78, 5) is 34.1. The van der Waals surface area contributed by atoms with Crippen LogP contribution in [0.15, 0.2) is 24.3 Å². The molecule has 1 rings (SSSR count). The summed E-state index contributed by atoms with van der Waals surface area (Å²) >= 11 is 0. The lowest BCUT2D eigenvalue weighted by atomic mass is 10.1. The Morgan fingerprint density at radius 1 is 1.14 bits per heavy atom. The van der Waals surface area contributed by atoms with Crippen molar-refractivity contribution in [1.29, 1.82) is 0 Å². The summed E-state index contributed by atoms with van der Waals surface area (Å²) in [5.41, 5.74) is -2.02. The van der Waals surface area contributed by atoms with Gasteiger partial charge in [0.2, 0.25) is 0 Å². The summed E-state index contributed by atoms with van der Waals surface area (Å²) in [5.74, 6) is -0.0899. The predicted octanol–water partition coefficient (Wildman–Crippen LogP) is 3.60. The SMILES string of the molecule is CC(C)NC(=O)C(C)(C)OCCC(C)(C)OC(=O)Oc1ccc([N+](=O)[O-])cc1. The maximum Gasteiger partial charge on any atom is 0.514 e. The van der Waals surface area contributed by atoms with E-state index < -0.39 is 22.3 Å². The Morgan fingerprint density at radius 2 is 1.71 bits per heavy atom. The molecule has 0 fully saturated rings. The van der Waals surface area contributed by atoms with E-state index in [1.54, 1.807) is 27.7 Å². The zero-order valence-electron chi connectivity index (χ0n) is 17.1. The Kier molecular flexibility index (Phi) is 7.92. The van der Waals surface area contributed by atoms with Gasteiger partial charge in [0.1, 0.15) is 17.0 Å². The molecule has 0 atom stereocenters. The number of nitro groups is 1. The van der Waals surface area contributed by atoms with Gasteiger partial charge in [-0.1, -0.05) is 0 Å². The fourth-order valence-electron chi connectivity index (χ4n) is 2.08. The third-order valence-electron chi connectivity index (χ3n) is 3.74. The fourth-order valence-corrected chi connectivity index (χ4v) is 2.08. The van der Waals surface area contributed by atoms with Crippen molar-refractivity contribution in [2.24, 2.45) is 0 Å². The molecule has 0 saturated carbocycles. The number of benzene rings is 1. The second-order valence-electron chi connectivity index (χ2n) is 7.70. The van der Waals surface area contributed by atoms with Crippen molar-refractivity contribution in [3.05, 3.63) is 34.4 Å². The van der Waals surface area contributed by atoms with Crippen LogP contribution in [0.3, 0.4) is 0 Å². The van der Waals surface area contributed by atoms with Crippen LogP contribution in [0.25, 0.3) is 0 Å². The molecule has 0 heterocycles. The summed E-state index contributed by atoms with van der Waals surface area (Å²) in [6, 6.07) is 5.08. The van der Waals surface area contributed by atoms with E-state index in [1.807, 2.05) is 13.8 Å². The lowest BCUT2D eigenvalue weighted by Crippen LogP contribution is -2.47. The van der Waals surface area contributed by atoms with Crippen LogP contribution in [0.2, 0.25) is 0 Å². The molecule has 0 aliphatic carbocycles. The van der Waals surface area contributed by atoms with Gasteiger partial charge in [-0.3, -0.25) is 14.9 Å². The van der Waals surface area contributed by atoms with Crippen molar-refractivity contribution in [2.75, 3.05) is 6.61 Å². The standard InChI is InChI=1S/C19H28N2O7/c1-13(2)20-16(22)19(5,6)26-12-11-18(3,4)28-17(23)27-15-9-7-14(8-10-15)21(24)25/h7-10,13H,11-12H2,1-6H3,(H,20,22). The topological polar surface area (TPSA) is 117 Å². The number of carbonyl (C=O) groups is 2. The maximum absolute atomic E-state index is 12.1. The molecule has 0 bridgehead atoms. The van der Waals surface area contributed by atoms with E-state index in [-0.39, 0.29) is 30.0 Å². The van der Waals surface area contributed by atoms with Crippen molar-refractivity contribution in [3.8, 4) is 5.75 Å². The second kappa shape index (κ2) is 9.50. The minimum Gasteiger partial charge on any atom is -0.428 e. The van der Waals surface area contributed by atoms with Crippen molar-refractivity contribution >= 4 is 17.7 Å². The number of non-ortho nitro benzene ring substituents is 1. The molecule has 156 valence electrons. The van der Waals surface area contributed by atoms with Crippen LogP contribution in [-0.4, -0.2) is 40.8 Å². The number of nitrogens with one attached hydrogen (secondary N) is 1. The average molecular weight is 396 g/mol. The highest BCUT2D eigenvalue weighted by Crippen LogP contribution is 2.21. The van der Waals surface area contributed by atoms with Crippen LogP contribution in [0.1, 0.15) is 48.0 Å². The van der Waals surface area contributed by atoms with E-state index in [4.69, 9.17) is 14.2 Å². The lowest BCUT2D eigenvalue weighted by molar-refractivity contribution is -0.384. The van der Waals surface area contributed by atoms with Crippen LogP contribution in [0, 0.1) is 10.1 Å². The quantitative estimate of drug-likeness (QED) is 0.293. The molecular formula is C19H28N2O7. The molecule has 9 heteroatoms. The van der Waals surface area contributed by atoms with E-state index in [2.05, 4.69) is 5.32 Å². The molecule has 0 aliphatic rings. The number of carbonyl (C=O) groups excluding carboxylic acids is 2. The molecule has 1 aromatic rings. The van der Waals surface area contributed by atoms with Crippen molar-refractivity contribution in [2.45, 2.75) is 65.2 Å². The van der Waals surface area contributed by atoms with Gasteiger partial charge >= 0.3 is 6.16 Å². The van der Waals surface area contributed by atoms with Gasteiger partial charge in [0.05, 0.1) is 11.5 Å². The van der Waals surface area contributed by atoms with E-state index >= 15 is 0 Å². The molecule has 1 N–H and O–H groups in total. The van der Waals surface area contributed by atoms with Crippen LogP contribution < -0.4 is 10.1 Å². The van der Waals surface area contributed by atoms with Gasteiger partial charge in [-0.05, 0) is 53.7 Å². The molecule has 0 aliphatic heterocycles. The molecule has 0 spiro atoms. The Morgan fingerprint density at radius 3 is 2.21 bits per heavy atom. The van der Waals surface area contributed by atoms with Gasteiger partial charge in [-0.15, -0.1) is 0 Å². The fraction of sp³-hybridized carbons (Fsp3) is 0.579. The summed E-state index contributed by atoms with van der Waals surface area (Å²) < 4.78 is 16.0. The monoisotopic (exact) mass is 396 g/mol. The Labute approximate surface area is 164 Å². The van der Waals surface area contributed by atoms with Gasteiger partial charge < -0.3 is 19.5 Å². The first-order valence-corrected chi connectivity index (χ1v) is 8.92. The number of nitrogens with zero attached hydrogens (tertiary/aromatic N) is 1. The summed E-state index contributed by atoms with van der Waals surface area (Å²) in [5, 5.41) is 13.4. The van der Waals surface area contributed by atoms with Crippen LogP contribution in [0.5, 0.6) is 5.75 Å². The van der Waals surface area contributed by atoms with Gasteiger partial charge in [0.15, 0.2) is 0 Å². The van der Waals surface area contributed by atoms with E-state index in [9.17, 15) is 19.7 Å². The normalized spacial score (nSPS) is 11.8. The van der Waals surface area contributed by atoms with E-state index in [0.717, 1.165) is 0 Å². The molecule has 1 amide bonds. The third-order valence-corrected chi connectivity index (χ3v) is 3.74. The number of hydrogen-bond donors (Lipinski definition) is 1. The Bertz CT molecular complexity index is 697. The highest BCUT2D eigenvalue weighted by molar-refractivity contribution is 5.84. The summed E-state index contributed by atoms with van der Waals surface area (Å²) in [6.45, 7) is 10.6. The molecule has 0 saturated heterocycles. The molecule has 0 radical (unpaired) electrons. The number of nitro benzene ring substituents is 1. The molecule has 0 aromatic heterocycles. The van der Waals surface area contributed by atoms with Gasteiger partial charge in [0, 0.05) is 24.6 Å². The Balaban J connectivity index is 2.50. The zero-order valence-corrected chi connectivity index (χ0v) is 17.1. The highest BCUT2D eigenvalue weighted by atomic mass is 16.7. The zero-order chi connectivity index (χ0) is 21.5. The Hall–Kier alpha value is -2.68. The average Bonchev–Trinajstić information content (AvgIpc) is 2.53. The van der Waals surface area contributed by atoms with Crippen LogP contribution >= 0.6 is 0 Å². The molecule has 28 heavy (non-hydrogen) atoms. The maximum atomic E-state index is 12.1. The van der Waals surface area contributed by atoms with E-state index in [0.29, 0.717) is 6.42 Å². The van der Waals surface area contributed by atoms with Crippen LogP contribution in [0.4, 0.5) is 10.5 Å². The minimum atomic E-state index is -1.01. The first-order chi connectivity index (χ1) is 12.8. The number of hydrogen-bond acceptors (Lipinski definition) is 7. The predicted molar refractivity (Wildman–Crippen MR) is 102 cm³/mol. The number of ether oxygens (including phenoxy) is 3. The van der Waals surface area contributed by atoms with Gasteiger partial charge in [-0.25, -0.2) is 4.79 Å².